The zero-order valence-electron chi connectivity index (χ0n) is 16.9. The van der Waals surface area contributed by atoms with Crippen molar-refractivity contribution in [2.45, 2.75) is 38.5 Å². The van der Waals surface area contributed by atoms with Crippen LogP contribution in [0.5, 0.6) is 0 Å². The summed E-state index contributed by atoms with van der Waals surface area (Å²) in [7, 11) is 0.287. The van der Waals surface area contributed by atoms with Gasteiger partial charge in [-0.15, -0.1) is 0 Å². The van der Waals surface area contributed by atoms with Crippen molar-refractivity contribution in [3.05, 3.63) is 51.8 Å². The van der Waals surface area contributed by atoms with Crippen LogP contribution in [-0.4, -0.2) is 30.0 Å². The van der Waals surface area contributed by atoms with E-state index < -0.39 is 33.2 Å². The van der Waals surface area contributed by atoms with Crippen LogP contribution in [-0.2, 0) is 18.0 Å². The number of aldehydes is 1. The van der Waals surface area contributed by atoms with Crippen LogP contribution in [0.3, 0.4) is 0 Å². The van der Waals surface area contributed by atoms with E-state index in [0.29, 0.717) is 28.5 Å². The molecule has 0 saturated heterocycles. The fraction of sp³-hybridized carbons (Fsp3) is 0.350. The number of hydrogen-bond acceptors (Lipinski definition) is 4. The summed E-state index contributed by atoms with van der Waals surface area (Å²) in [6, 6.07) is 3.70. The number of fused-ring (bicyclic) bond motifs is 1. The van der Waals surface area contributed by atoms with Gasteiger partial charge in [0.05, 0.1) is 26.8 Å². The number of H-pyrrole nitrogens is 1. The van der Waals surface area contributed by atoms with Crippen LogP contribution in [0.15, 0.2) is 29.2 Å². The highest BCUT2D eigenvalue weighted by atomic mass is 32.2. The van der Waals surface area contributed by atoms with Gasteiger partial charge in [-0.3, -0.25) is 14.3 Å². The van der Waals surface area contributed by atoms with Crippen molar-refractivity contribution >= 4 is 28.0 Å². The number of nitrogens with one attached hydrogen (secondary N) is 2. The van der Waals surface area contributed by atoms with Gasteiger partial charge in [-0.25, -0.2) is 13.3 Å². The van der Waals surface area contributed by atoms with Crippen LogP contribution in [0.4, 0.5) is 4.39 Å². The molecule has 0 spiro atoms. The van der Waals surface area contributed by atoms with Crippen LogP contribution in [0.2, 0.25) is 0 Å². The predicted octanol–water partition coefficient (Wildman–Crippen LogP) is 2.99. The quantitative estimate of drug-likeness (QED) is 0.623. The van der Waals surface area contributed by atoms with Gasteiger partial charge >= 0.3 is 0 Å². The Bertz CT molecular complexity index is 1180. The van der Waals surface area contributed by atoms with Gasteiger partial charge in [-0.05, 0) is 56.8 Å². The largest absolute Gasteiger partial charge is 0.321 e. The van der Waals surface area contributed by atoms with Gasteiger partial charge in [0.15, 0.2) is 6.29 Å². The minimum absolute atomic E-state index is 0.176. The first kappa shape index (κ1) is 21.1. The first-order chi connectivity index (χ1) is 13.5. The second-order valence-electron chi connectivity index (χ2n) is 7.91. The molecule has 0 amide bonds. The molecule has 0 bridgehead atoms. The van der Waals surface area contributed by atoms with E-state index in [4.69, 9.17) is 0 Å². The molecule has 0 unspecified atom stereocenters. The third-order valence-electron chi connectivity index (χ3n) is 4.52. The fourth-order valence-electron chi connectivity index (χ4n) is 3.06. The number of nitrogens with zero attached hydrogens (tertiary/aromatic N) is 2. The molecule has 0 radical (unpaired) electrons. The predicted molar refractivity (Wildman–Crippen MR) is 112 cm³/mol. The topological polar surface area (TPSA) is 96.8 Å². The molecule has 0 saturated carbocycles. The molecule has 3 aromatic rings. The number of halogens is 1. The number of carbonyl (C=O) groups excluding carboxylic acids is 1. The molecule has 9 heteroatoms. The van der Waals surface area contributed by atoms with E-state index in [2.05, 4.69) is 14.8 Å². The second-order valence-corrected chi connectivity index (χ2v) is 9.91. The Morgan fingerprint density at radius 2 is 1.97 bits per heavy atom. The van der Waals surface area contributed by atoms with Gasteiger partial charge in [-0.2, -0.15) is 5.10 Å². The van der Waals surface area contributed by atoms with Gasteiger partial charge in [-0.1, -0.05) is 0 Å². The minimum Gasteiger partial charge on any atom is -0.321 e. The van der Waals surface area contributed by atoms with Crippen molar-refractivity contribution in [3.8, 4) is 11.3 Å². The van der Waals surface area contributed by atoms with Crippen LogP contribution >= 0.6 is 0 Å². The summed E-state index contributed by atoms with van der Waals surface area (Å²) in [6.45, 7) is 7.26. The van der Waals surface area contributed by atoms with E-state index in [9.17, 15) is 18.2 Å². The fourth-order valence-corrected chi connectivity index (χ4v) is 3.86. The molecule has 0 fully saturated rings. The summed E-state index contributed by atoms with van der Waals surface area (Å²) in [5.41, 5.74) is 1.07. The van der Waals surface area contributed by atoms with E-state index in [1.165, 1.54) is 16.8 Å². The summed E-state index contributed by atoms with van der Waals surface area (Å²) in [5, 5.41) is 4.75. The molecule has 2 N–H and O–H groups in total. The van der Waals surface area contributed by atoms with Crippen molar-refractivity contribution in [1.29, 1.82) is 0 Å². The van der Waals surface area contributed by atoms with E-state index in [-0.39, 0.29) is 11.1 Å². The Balaban J connectivity index is 2.20. The van der Waals surface area contributed by atoms with E-state index in [1.54, 1.807) is 26.2 Å². The SMILES string of the molecule is C[C@@H](N[S@](=O)C(C)(C)C)c1cc(F)cc2c(=O)[nH]c(-c3cn(C)nc3C=O)cc12. The lowest BCUT2D eigenvalue weighted by Crippen LogP contribution is -2.35. The normalized spacial score (nSPS) is 14.1. The first-order valence-electron chi connectivity index (χ1n) is 9.05. The third kappa shape index (κ3) is 4.20. The van der Waals surface area contributed by atoms with E-state index in [1.807, 2.05) is 20.8 Å². The third-order valence-corrected chi connectivity index (χ3v) is 6.20. The summed E-state index contributed by atoms with van der Waals surface area (Å²) < 4.78 is 30.7. The standard InChI is InChI=1S/C20H23FN4O3S/c1-11(24-29(28)20(2,3)4)13-6-12(21)7-15-14(13)8-17(22-19(15)27)16-9-25(5)23-18(16)10-26/h6-11,24H,1-5H3,(H,22,27)/t11-,29-/m1/s1. The highest BCUT2D eigenvalue weighted by Gasteiger charge is 2.23. The Kier molecular flexibility index (Phi) is 5.55. The molecule has 2 aromatic heterocycles. The summed E-state index contributed by atoms with van der Waals surface area (Å²) in [4.78, 5) is 26.7. The number of pyridine rings is 1. The van der Waals surface area contributed by atoms with Gasteiger partial charge in [0, 0.05) is 24.8 Å². The average molecular weight is 418 g/mol. The minimum atomic E-state index is -1.38. The maximum atomic E-state index is 14.2. The van der Waals surface area contributed by atoms with E-state index >= 15 is 0 Å². The molecular weight excluding hydrogens is 395 g/mol. The Hall–Kier alpha value is -2.65. The Morgan fingerprint density at radius 3 is 2.59 bits per heavy atom. The van der Waals surface area contributed by atoms with Crippen LogP contribution in [0.1, 0.15) is 49.8 Å². The molecule has 0 aliphatic rings. The lowest BCUT2D eigenvalue weighted by atomic mass is 9.99. The zero-order chi connectivity index (χ0) is 21.5. The molecule has 0 aliphatic heterocycles. The monoisotopic (exact) mass is 418 g/mol. The van der Waals surface area contributed by atoms with Crippen LogP contribution in [0, 0.1) is 5.82 Å². The van der Waals surface area contributed by atoms with Gasteiger partial charge in [0.25, 0.3) is 5.56 Å². The number of rotatable bonds is 5. The van der Waals surface area contributed by atoms with E-state index in [0.717, 1.165) is 0 Å². The molecule has 2 atom stereocenters. The number of hydrogen-bond donors (Lipinski definition) is 2. The molecule has 0 aliphatic carbocycles. The highest BCUT2D eigenvalue weighted by molar-refractivity contribution is 7.84. The molecule has 2 heterocycles. The number of carbonyl (C=O) groups is 1. The van der Waals surface area contributed by atoms with Crippen molar-refractivity contribution in [2.75, 3.05) is 0 Å². The zero-order valence-corrected chi connectivity index (χ0v) is 17.7. The Labute approximate surface area is 169 Å². The Morgan fingerprint density at radius 1 is 1.28 bits per heavy atom. The molecule has 29 heavy (non-hydrogen) atoms. The molecule has 3 rings (SSSR count). The smallest absolute Gasteiger partial charge is 0.256 e. The number of benzene rings is 1. The van der Waals surface area contributed by atoms with Gasteiger partial charge in [0.1, 0.15) is 11.5 Å². The second kappa shape index (κ2) is 7.64. The van der Waals surface area contributed by atoms with Crippen molar-refractivity contribution < 1.29 is 13.4 Å². The summed E-state index contributed by atoms with van der Waals surface area (Å²) >= 11 is 0. The highest BCUT2D eigenvalue weighted by Crippen LogP contribution is 2.29. The lowest BCUT2D eigenvalue weighted by molar-refractivity contribution is 0.111. The van der Waals surface area contributed by atoms with Crippen molar-refractivity contribution in [1.82, 2.24) is 19.5 Å². The molecule has 154 valence electrons. The molecular formula is C20H23FN4O3S. The maximum absolute atomic E-state index is 14.2. The molecule has 1 aromatic carbocycles. The van der Waals surface area contributed by atoms with Crippen molar-refractivity contribution in [3.63, 3.8) is 0 Å². The lowest BCUT2D eigenvalue weighted by Gasteiger charge is -2.23. The van der Waals surface area contributed by atoms with Gasteiger partial charge < -0.3 is 4.98 Å². The summed E-state index contributed by atoms with van der Waals surface area (Å²) in [6.07, 6.45) is 2.24. The summed E-state index contributed by atoms with van der Waals surface area (Å²) in [5.74, 6) is -0.559. The van der Waals surface area contributed by atoms with Crippen LogP contribution < -0.4 is 10.3 Å². The maximum Gasteiger partial charge on any atom is 0.256 e. The first-order valence-corrected chi connectivity index (χ1v) is 10.2. The van der Waals surface area contributed by atoms with Crippen LogP contribution in [0.25, 0.3) is 22.0 Å². The number of aryl methyl sites for hydroxylation is 1. The number of aromatic amines is 1. The average Bonchev–Trinajstić information content (AvgIpc) is 3.01. The number of aromatic nitrogens is 3. The van der Waals surface area contributed by atoms with Gasteiger partial charge in [0.2, 0.25) is 0 Å². The van der Waals surface area contributed by atoms with Crippen molar-refractivity contribution in [2.24, 2.45) is 7.05 Å². The molecule has 7 nitrogen and oxygen atoms in total.